The average molecular weight is 783 g/mol. The maximum atomic E-state index is 13.6. The minimum atomic E-state index is -2.09. The molecule has 5 amide bonds. The van der Waals surface area contributed by atoms with Crippen molar-refractivity contribution in [1.29, 1.82) is 0 Å². The van der Waals surface area contributed by atoms with E-state index in [2.05, 4.69) is 20.9 Å². The Labute approximate surface area is 304 Å². The van der Waals surface area contributed by atoms with Crippen molar-refractivity contribution in [2.75, 3.05) is 38.6 Å². The number of amides is 5. The number of thioether (sulfide) groups is 1. The molecule has 0 spiro atoms. The monoisotopic (exact) mass is 782 g/mol. The summed E-state index contributed by atoms with van der Waals surface area (Å²) in [5, 5.41) is 46.4. The molecule has 4 saturated heterocycles. The number of carboxylic acid groups (broad SMARTS) is 2. The van der Waals surface area contributed by atoms with Gasteiger partial charge in [-0.2, -0.15) is 0 Å². The number of hydrogen-bond donors (Lipinski definition) is 7. The number of rotatable bonds is 11. The Balaban J connectivity index is 1.16. The number of oxime groups is 1. The second kappa shape index (κ2) is 13.6. The number of halogens is 1. The Morgan fingerprint density at radius 2 is 1.79 bits per heavy atom. The summed E-state index contributed by atoms with van der Waals surface area (Å²) in [5.74, 6) is -8.68. The van der Waals surface area contributed by atoms with Crippen molar-refractivity contribution < 1.29 is 63.6 Å². The third-order valence-corrected chi connectivity index (χ3v) is 11.4. The molecule has 52 heavy (non-hydrogen) atoms. The lowest BCUT2D eigenvalue weighted by molar-refractivity contribution is -0.178. The Kier molecular flexibility index (Phi) is 9.54. The zero-order valence-corrected chi connectivity index (χ0v) is 28.7. The molecule has 24 heteroatoms. The van der Waals surface area contributed by atoms with Crippen molar-refractivity contribution >= 4 is 87.0 Å². The second-order valence-electron chi connectivity index (χ2n) is 11.7. The number of fused-ring (bicyclic) bond motifs is 1. The first kappa shape index (κ1) is 36.4. The zero-order chi connectivity index (χ0) is 37.7. The number of carbonyl (C=O) groups excluding carboxylic acids is 5. The molecule has 0 bridgehead atoms. The summed E-state index contributed by atoms with van der Waals surface area (Å²) in [6.45, 7) is -0.930. The molecule has 2 aromatic rings. The summed E-state index contributed by atoms with van der Waals surface area (Å²) in [5.41, 5.74) is 4.95. The number of anilines is 1. The van der Waals surface area contributed by atoms with Crippen LogP contribution in [0.3, 0.4) is 0 Å². The number of phenols is 2. The number of aliphatic carboxylic acids is 2. The first-order valence-corrected chi connectivity index (χ1v) is 17.2. The number of aromatic nitrogens is 1. The van der Waals surface area contributed by atoms with E-state index in [1.54, 1.807) is 0 Å². The predicted molar refractivity (Wildman–Crippen MR) is 176 cm³/mol. The van der Waals surface area contributed by atoms with Crippen LogP contribution in [0.5, 0.6) is 11.5 Å². The Morgan fingerprint density at radius 1 is 1.08 bits per heavy atom. The number of aromatic hydroxyl groups is 2. The third-order valence-electron chi connectivity index (χ3n) is 8.67. The van der Waals surface area contributed by atoms with E-state index in [0.29, 0.717) is 16.8 Å². The highest BCUT2D eigenvalue weighted by molar-refractivity contribution is 8.02. The van der Waals surface area contributed by atoms with E-state index in [1.165, 1.54) is 5.38 Å². The van der Waals surface area contributed by atoms with Crippen LogP contribution in [0, 0.1) is 0 Å². The Bertz CT molecular complexity index is 1940. The fraction of sp³-hybridized carbons (Fsp3) is 0.393. The van der Waals surface area contributed by atoms with Gasteiger partial charge in [-0.1, -0.05) is 28.5 Å². The molecule has 6 rings (SSSR count). The lowest BCUT2D eigenvalue weighted by atomic mass is 9.95. The van der Waals surface area contributed by atoms with Gasteiger partial charge in [0, 0.05) is 24.8 Å². The van der Waals surface area contributed by atoms with Crippen molar-refractivity contribution in [2.45, 2.75) is 34.7 Å². The highest BCUT2D eigenvalue weighted by Crippen LogP contribution is 2.49. The van der Waals surface area contributed by atoms with Crippen LogP contribution >= 0.6 is 34.7 Å². The number of ketones is 1. The summed E-state index contributed by atoms with van der Waals surface area (Å²) in [6.07, 6.45) is -0.147. The highest BCUT2D eigenvalue weighted by atomic mass is 35.5. The van der Waals surface area contributed by atoms with Crippen LogP contribution in [-0.2, 0) is 33.5 Å². The van der Waals surface area contributed by atoms with Gasteiger partial charge in [0.25, 0.3) is 11.7 Å². The quantitative estimate of drug-likeness (QED) is 0.0358. The van der Waals surface area contributed by atoms with E-state index in [4.69, 9.17) is 26.9 Å². The van der Waals surface area contributed by atoms with E-state index >= 15 is 0 Å². The second-order valence-corrected chi connectivity index (χ2v) is 14.3. The van der Waals surface area contributed by atoms with Crippen LogP contribution in [0.25, 0.3) is 0 Å². The molecule has 8 N–H and O–H groups in total. The number of carbonyl (C=O) groups is 7. The first-order valence-electron chi connectivity index (χ1n) is 15.1. The number of nitrogen functional groups attached to an aromatic ring is 1. The summed E-state index contributed by atoms with van der Waals surface area (Å²) in [6, 6.07) is -0.444. The lowest BCUT2D eigenvalue weighted by Gasteiger charge is -2.41. The number of ether oxygens (including phenoxy) is 1. The number of hydrazine groups is 1. The molecule has 4 aliphatic rings. The number of phenolic OH excluding ortho intramolecular Hbond substituents is 2. The molecule has 0 saturated carbocycles. The molecule has 3 atom stereocenters. The van der Waals surface area contributed by atoms with Crippen molar-refractivity contribution in [2.24, 2.45) is 5.16 Å². The van der Waals surface area contributed by atoms with Crippen LogP contribution in [0.4, 0.5) is 9.93 Å². The SMILES string of the molecule is Nc1nc(/C(=N/OC2(C(=O)O)CCOCC2)C(=O)NC2C(=O)N3C[C@@](C(=O)O)(N4CCN(NC(=O)C(=O)c5ccc(O)c(O)c5Cl)C4=O)S[C@H]23)cs1. The molecule has 0 aliphatic carbocycles. The number of Topliss-reactive ketones (excluding diaryl/α,β-unsaturated/α-hetero) is 1. The number of carboxylic acids is 2. The number of hydrogen-bond acceptors (Lipinski definition) is 16. The van der Waals surface area contributed by atoms with Gasteiger partial charge in [-0.25, -0.2) is 24.4 Å². The fourth-order valence-electron chi connectivity index (χ4n) is 5.80. The number of β-lactam (4-membered cyclic amide) rings is 1. The van der Waals surface area contributed by atoms with Gasteiger partial charge in [-0.05, 0) is 12.1 Å². The maximum Gasteiger partial charge on any atom is 0.351 e. The lowest BCUT2D eigenvalue weighted by Crippen LogP contribution is -2.68. The van der Waals surface area contributed by atoms with E-state index in [0.717, 1.165) is 33.3 Å². The van der Waals surface area contributed by atoms with Gasteiger partial charge in [-0.3, -0.25) is 29.5 Å². The number of nitrogens with two attached hydrogens (primary N) is 1. The smallest absolute Gasteiger partial charge is 0.351 e. The number of benzene rings is 1. The van der Waals surface area contributed by atoms with E-state index in [-0.39, 0.29) is 50.0 Å². The summed E-state index contributed by atoms with van der Waals surface area (Å²) in [7, 11) is 0. The van der Waals surface area contributed by atoms with Crippen molar-refractivity contribution in [3.63, 3.8) is 0 Å². The molecular weight excluding hydrogens is 756 g/mol. The van der Waals surface area contributed by atoms with Crippen LogP contribution in [0.1, 0.15) is 28.9 Å². The average Bonchev–Trinajstić information content (AvgIpc) is 3.82. The van der Waals surface area contributed by atoms with Gasteiger partial charge in [0.1, 0.15) is 17.1 Å². The van der Waals surface area contributed by atoms with E-state index < -0.39 is 97.7 Å². The third kappa shape index (κ3) is 6.13. The number of thiazole rings is 1. The van der Waals surface area contributed by atoms with Gasteiger partial charge < -0.3 is 46.0 Å². The van der Waals surface area contributed by atoms with Crippen molar-refractivity contribution in [3.05, 3.63) is 33.8 Å². The van der Waals surface area contributed by atoms with Crippen LogP contribution < -0.4 is 16.5 Å². The molecule has 1 aromatic heterocycles. The van der Waals surface area contributed by atoms with Gasteiger partial charge in [-0.15, -0.1) is 11.3 Å². The molecule has 21 nitrogen and oxygen atoms in total. The van der Waals surface area contributed by atoms with Gasteiger partial charge in [0.2, 0.25) is 16.4 Å². The Hall–Kier alpha value is -5.39. The predicted octanol–water partition coefficient (Wildman–Crippen LogP) is -1.02. The van der Waals surface area contributed by atoms with Crippen LogP contribution in [0.15, 0.2) is 22.7 Å². The Morgan fingerprint density at radius 3 is 2.42 bits per heavy atom. The minimum absolute atomic E-state index is 0.0475. The molecule has 276 valence electrons. The molecular formula is C28H27ClN8O13S2. The fourth-order valence-corrected chi connectivity index (χ4v) is 8.23. The van der Waals surface area contributed by atoms with Crippen molar-refractivity contribution in [3.8, 4) is 11.5 Å². The van der Waals surface area contributed by atoms with Gasteiger partial charge >= 0.3 is 23.9 Å². The topological polar surface area (TPSA) is 304 Å². The van der Waals surface area contributed by atoms with Crippen molar-refractivity contribution in [1.82, 2.24) is 30.5 Å². The first-order chi connectivity index (χ1) is 24.6. The molecule has 4 aliphatic heterocycles. The highest BCUT2D eigenvalue weighted by Gasteiger charge is 2.66. The van der Waals surface area contributed by atoms with Crippen LogP contribution in [0.2, 0.25) is 5.02 Å². The summed E-state index contributed by atoms with van der Waals surface area (Å²) in [4.78, 5) is 99.9. The van der Waals surface area contributed by atoms with E-state index in [1.807, 2.05) is 0 Å². The van der Waals surface area contributed by atoms with Gasteiger partial charge in [0.15, 0.2) is 22.3 Å². The molecule has 1 unspecified atom stereocenters. The standard InChI is InChI=1S/C28H27ClN8O13S2/c29-14-11(1-2-13(38)18(14)40)17(39)20(42)33-37-6-5-36(26(37)48)28(24(46)47)10-35-21(43)16(22(35)52-28)32-19(41)15(12-9-51-25(30)31-12)34-50-27(23(44)45)3-7-49-8-4-27/h1-2,9,16,22,38,40H,3-8,10H2,(H2,30,31)(H,32,41)(H,33,42)(H,44,45)(H,46,47)/b34-15-/t16?,22-,28-/m1/s1. The summed E-state index contributed by atoms with van der Waals surface area (Å²) >= 11 is 7.50. The molecule has 0 radical (unpaired) electrons. The summed E-state index contributed by atoms with van der Waals surface area (Å²) < 4.78 is 5.22. The largest absolute Gasteiger partial charge is 0.504 e. The van der Waals surface area contributed by atoms with E-state index in [9.17, 15) is 54.0 Å². The minimum Gasteiger partial charge on any atom is -0.504 e. The van der Waals surface area contributed by atoms with Gasteiger partial charge in [0.05, 0.1) is 36.9 Å². The number of urea groups is 1. The number of nitrogens with zero attached hydrogens (tertiary/aromatic N) is 5. The normalized spacial score (nSPS) is 23.9. The molecule has 5 heterocycles. The zero-order valence-electron chi connectivity index (χ0n) is 26.3. The maximum absolute atomic E-state index is 13.6. The molecule has 4 fully saturated rings. The molecule has 1 aromatic carbocycles. The van der Waals surface area contributed by atoms with Crippen LogP contribution in [-0.4, -0.2) is 142 Å². The number of nitrogens with one attached hydrogen (secondary N) is 2.